The summed E-state index contributed by atoms with van der Waals surface area (Å²) in [7, 11) is 0. The minimum absolute atomic E-state index is 0.866. The van der Waals surface area contributed by atoms with Gasteiger partial charge in [-0.2, -0.15) is 0 Å². The monoisotopic (exact) mass is 183 g/mol. The molecule has 1 nitrogen and oxygen atoms in total. The molecule has 0 aromatic rings. The van der Waals surface area contributed by atoms with Gasteiger partial charge in [0, 0.05) is 6.04 Å². The molecule has 1 unspecified atom stereocenters. The van der Waals surface area contributed by atoms with Crippen molar-refractivity contribution in [1.82, 2.24) is 5.32 Å². The lowest BCUT2D eigenvalue weighted by molar-refractivity contribution is 0.358. The second-order valence-electron chi connectivity index (χ2n) is 4.71. The van der Waals surface area contributed by atoms with Gasteiger partial charge in [-0.15, -0.1) is 0 Å². The third kappa shape index (κ3) is 4.66. The Hall–Kier alpha value is -0.0400. The second-order valence-corrected chi connectivity index (χ2v) is 4.71. The lowest BCUT2D eigenvalue weighted by Crippen LogP contribution is -2.24. The second kappa shape index (κ2) is 5.64. The topological polar surface area (TPSA) is 12.0 Å². The first-order chi connectivity index (χ1) is 6.26. The maximum atomic E-state index is 3.61. The molecule has 1 aliphatic carbocycles. The number of hydrogen-bond donors (Lipinski definition) is 1. The van der Waals surface area contributed by atoms with Crippen molar-refractivity contribution in [1.29, 1.82) is 0 Å². The molecular weight excluding hydrogens is 158 g/mol. The summed E-state index contributed by atoms with van der Waals surface area (Å²) in [6, 6.07) is 0.879. The van der Waals surface area contributed by atoms with Gasteiger partial charge in [-0.1, -0.05) is 33.6 Å². The van der Waals surface area contributed by atoms with Gasteiger partial charge >= 0.3 is 0 Å². The first-order valence-corrected chi connectivity index (χ1v) is 5.99. The molecule has 1 rings (SSSR count). The van der Waals surface area contributed by atoms with Crippen LogP contribution in [0.3, 0.4) is 0 Å². The highest BCUT2D eigenvalue weighted by molar-refractivity contribution is 4.81. The van der Waals surface area contributed by atoms with Crippen molar-refractivity contribution in [2.75, 3.05) is 6.54 Å². The molecule has 1 atom stereocenters. The third-order valence-electron chi connectivity index (χ3n) is 3.22. The van der Waals surface area contributed by atoms with Crippen LogP contribution in [0.15, 0.2) is 0 Å². The quantitative estimate of drug-likeness (QED) is 0.639. The van der Waals surface area contributed by atoms with Crippen molar-refractivity contribution >= 4 is 0 Å². The Labute approximate surface area is 83.3 Å². The van der Waals surface area contributed by atoms with Crippen LogP contribution in [0.2, 0.25) is 0 Å². The first-order valence-electron chi connectivity index (χ1n) is 5.99. The number of nitrogens with one attached hydrogen (secondary N) is 1. The predicted octanol–water partition coefficient (Wildman–Crippen LogP) is 3.20. The molecular formula is C12H25N. The fourth-order valence-corrected chi connectivity index (χ4v) is 1.93. The predicted molar refractivity (Wildman–Crippen MR) is 58.9 cm³/mol. The smallest absolute Gasteiger partial charge is 0.00683 e. The highest BCUT2D eigenvalue weighted by Crippen LogP contribution is 2.21. The van der Waals surface area contributed by atoms with Crippen LogP contribution in [0.5, 0.6) is 0 Å². The van der Waals surface area contributed by atoms with E-state index in [1.165, 1.54) is 38.6 Å². The van der Waals surface area contributed by atoms with E-state index in [9.17, 15) is 0 Å². The molecule has 0 bridgehead atoms. The van der Waals surface area contributed by atoms with Crippen LogP contribution in [0.25, 0.3) is 0 Å². The van der Waals surface area contributed by atoms with Gasteiger partial charge in [0.15, 0.2) is 0 Å². The van der Waals surface area contributed by atoms with E-state index >= 15 is 0 Å². The Morgan fingerprint density at radius 3 is 2.31 bits per heavy atom. The van der Waals surface area contributed by atoms with E-state index in [2.05, 4.69) is 26.1 Å². The van der Waals surface area contributed by atoms with Gasteiger partial charge in [0.05, 0.1) is 0 Å². The normalized spacial score (nSPS) is 19.4. The molecule has 78 valence electrons. The lowest BCUT2D eigenvalue weighted by atomic mass is 9.91. The minimum atomic E-state index is 0.866. The molecule has 0 heterocycles. The van der Waals surface area contributed by atoms with Gasteiger partial charge in [0.25, 0.3) is 0 Å². The Kier molecular flexibility index (Phi) is 4.79. The summed E-state index contributed by atoms with van der Waals surface area (Å²) in [6.07, 6.45) is 6.94. The molecule has 0 spiro atoms. The average Bonchev–Trinajstić information content (AvgIpc) is 2.94. The fourth-order valence-electron chi connectivity index (χ4n) is 1.93. The SMILES string of the molecule is CCC(CC)CC(C)CNC1CC1. The van der Waals surface area contributed by atoms with Crippen LogP contribution >= 0.6 is 0 Å². The van der Waals surface area contributed by atoms with Gasteiger partial charge in [0.1, 0.15) is 0 Å². The highest BCUT2D eigenvalue weighted by Gasteiger charge is 2.21. The maximum absolute atomic E-state index is 3.61. The van der Waals surface area contributed by atoms with Crippen LogP contribution in [-0.2, 0) is 0 Å². The van der Waals surface area contributed by atoms with E-state index in [-0.39, 0.29) is 0 Å². The molecule has 0 amide bonds. The van der Waals surface area contributed by atoms with Crippen molar-refractivity contribution in [3.8, 4) is 0 Å². The van der Waals surface area contributed by atoms with Crippen LogP contribution in [0.1, 0.15) is 52.9 Å². The van der Waals surface area contributed by atoms with Crippen molar-refractivity contribution in [2.24, 2.45) is 11.8 Å². The molecule has 1 aliphatic rings. The molecule has 1 fully saturated rings. The van der Waals surface area contributed by atoms with Gasteiger partial charge < -0.3 is 5.32 Å². The molecule has 0 radical (unpaired) electrons. The lowest BCUT2D eigenvalue weighted by Gasteiger charge is -2.18. The molecule has 1 heteroatoms. The Bertz CT molecular complexity index is 125. The summed E-state index contributed by atoms with van der Waals surface area (Å²) in [5, 5.41) is 3.61. The summed E-state index contributed by atoms with van der Waals surface area (Å²) in [5.41, 5.74) is 0. The zero-order valence-electron chi connectivity index (χ0n) is 9.47. The van der Waals surface area contributed by atoms with Gasteiger partial charge in [-0.05, 0) is 37.6 Å². The van der Waals surface area contributed by atoms with Gasteiger partial charge in [0.2, 0.25) is 0 Å². The largest absolute Gasteiger partial charge is 0.314 e. The van der Waals surface area contributed by atoms with Crippen molar-refractivity contribution in [3.63, 3.8) is 0 Å². The van der Waals surface area contributed by atoms with E-state index in [0.29, 0.717) is 0 Å². The Morgan fingerprint density at radius 2 is 1.85 bits per heavy atom. The summed E-state index contributed by atoms with van der Waals surface area (Å²) in [6.45, 7) is 8.25. The molecule has 1 N–H and O–H groups in total. The van der Waals surface area contributed by atoms with Crippen molar-refractivity contribution in [2.45, 2.75) is 58.9 Å². The van der Waals surface area contributed by atoms with Gasteiger partial charge in [-0.3, -0.25) is 0 Å². The molecule has 0 aliphatic heterocycles. The Morgan fingerprint density at radius 1 is 1.23 bits per heavy atom. The minimum Gasteiger partial charge on any atom is -0.314 e. The first kappa shape index (κ1) is 11.0. The standard InChI is InChI=1S/C12H25N/c1-4-11(5-2)8-10(3)9-13-12-6-7-12/h10-13H,4-9H2,1-3H3. The van der Waals surface area contributed by atoms with Crippen LogP contribution in [0.4, 0.5) is 0 Å². The fraction of sp³-hybridized carbons (Fsp3) is 1.00. The maximum Gasteiger partial charge on any atom is 0.00683 e. The zero-order chi connectivity index (χ0) is 9.68. The van der Waals surface area contributed by atoms with Crippen LogP contribution < -0.4 is 5.32 Å². The van der Waals surface area contributed by atoms with Crippen LogP contribution in [-0.4, -0.2) is 12.6 Å². The summed E-state index contributed by atoms with van der Waals surface area (Å²) in [5.74, 6) is 1.82. The number of rotatable bonds is 7. The third-order valence-corrected chi connectivity index (χ3v) is 3.22. The van der Waals surface area contributed by atoms with E-state index in [1.54, 1.807) is 0 Å². The van der Waals surface area contributed by atoms with Crippen molar-refractivity contribution < 1.29 is 0 Å². The molecule has 1 saturated carbocycles. The summed E-state index contributed by atoms with van der Waals surface area (Å²) >= 11 is 0. The van der Waals surface area contributed by atoms with E-state index in [4.69, 9.17) is 0 Å². The Balaban J connectivity index is 2.03. The molecule has 0 aromatic carbocycles. The zero-order valence-corrected chi connectivity index (χ0v) is 9.47. The molecule has 13 heavy (non-hydrogen) atoms. The summed E-state index contributed by atoms with van der Waals surface area (Å²) < 4.78 is 0. The van der Waals surface area contributed by atoms with Crippen molar-refractivity contribution in [3.05, 3.63) is 0 Å². The molecule has 0 aromatic heterocycles. The van der Waals surface area contributed by atoms with E-state index in [1.807, 2.05) is 0 Å². The summed E-state index contributed by atoms with van der Waals surface area (Å²) in [4.78, 5) is 0. The van der Waals surface area contributed by atoms with Crippen LogP contribution in [0, 0.1) is 11.8 Å². The number of hydrogen-bond acceptors (Lipinski definition) is 1. The van der Waals surface area contributed by atoms with Gasteiger partial charge in [-0.25, -0.2) is 0 Å². The average molecular weight is 183 g/mol. The van der Waals surface area contributed by atoms with E-state index < -0.39 is 0 Å². The molecule has 0 saturated heterocycles. The highest BCUT2D eigenvalue weighted by atomic mass is 14.9. The van der Waals surface area contributed by atoms with E-state index in [0.717, 1.165) is 17.9 Å².